The van der Waals surface area contributed by atoms with Gasteiger partial charge in [0.05, 0.1) is 25.7 Å². The van der Waals surface area contributed by atoms with Crippen LogP contribution in [0.3, 0.4) is 0 Å². The van der Waals surface area contributed by atoms with Crippen LogP contribution in [0.1, 0.15) is 10.4 Å². The van der Waals surface area contributed by atoms with Crippen molar-refractivity contribution in [1.82, 2.24) is 4.98 Å². The van der Waals surface area contributed by atoms with E-state index in [0.29, 0.717) is 4.21 Å². The third kappa shape index (κ3) is 3.93. The minimum atomic E-state index is -1.10. The van der Waals surface area contributed by atoms with Crippen molar-refractivity contribution < 1.29 is 23.5 Å². The molecular weight excluding hydrogens is 400 g/mol. The Labute approximate surface area is 158 Å². The molecule has 5 N–H and O–H groups in total. The first-order valence-electron chi connectivity index (χ1n) is 7.32. The first-order valence-corrected chi connectivity index (χ1v) is 9.12. The summed E-state index contributed by atoms with van der Waals surface area (Å²) < 4.78 is 26.7. The Bertz CT molecular complexity index is 1130. The number of nitrogens with one attached hydrogen (secondary N) is 2. The Hall–Kier alpha value is -2.92. The average molecular weight is 411 g/mol. The van der Waals surface area contributed by atoms with Crippen molar-refractivity contribution in [3.63, 3.8) is 0 Å². The molecule has 11 heteroatoms. The van der Waals surface area contributed by atoms with E-state index in [1.54, 1.807) is 0 Å². The molecule has 0 aliphatic carbocycles. The Morgan fingerprint density at radius 2 is 2.00 bits per heavy atom. The number of halogens is 2. The summed E-state index contributed by atoms with van der Waals surface area (Å²) in [6.07, 6.45) is 0. The molecule has 0 unspecified atom stereocenters. The number of benzene rings is 1. The highest BCUT2D eigenvalue weighted by molar-refractivity contribution is 8.02. The minimum Gasteiger partial charge on any atom is -0.506 e. The van der Waals surface area contributed by atoms with Gasteiger partial charge in [-0.05, 0) is 12.1 Å². The van der Waals surface area contributed by atoms with Crippen molar-refractivity contribution in [3.05, 3.63) is 51.8 Å². The van der Waals surface area contributed by atoms with Crippen LogP contribution in [0.2, 0.25) is 0 Å². The summed E-state index contributed by atoms with van der Waals surface area (Å²) in [5.41, 5.74) is 4.92. The lowest BCUT2D eigenvalue weighted by Gasteiger charge is -2.05. The molecule has 3 rings (SSSR count). The first-order chi connectivity index (χ1) is 12.8. The lowest BCUT2D eigenvalue weighted by molar-refractivity contribution is -0.113. The fourth-order valence-electron chi connectivity index (χ4n) is 2.29. The van der Waals surface area contributed by atoms with Crippen LogP contribution in [-0.2, 0) is 4.79 Å². The van der Waals surface area contributed by atoms with Crippen LogP contribution in [0.25, 0.3) is 10.2 Å². The van der Waals surface area contributed by atoms with Crippen LogP contribution in [0.5, 0.6) is 5.75 Å². The average Bonchev–Trinajstić information content (AvgIpc) is 2.95. The number of carbonyl (C=O) groups is 2. The van der Waals surface area contributed by atoms with E-state index in [0.717, 1.165) is 41.3 Å². The molecule has 0 saturated heterocycles. The topological polar surface area (TPSA) is 125 Å². The van der Waals surface area contributed by atoms with Gasteiger partial charge in [0.25, 0.3) is 11.5 Å². The summed E-state index contributed by atoms with van der Waals surface area (Å²) >= 11 is 1.95. The van der Waals surface area contributed by atoms with E-state index in [9.17, 15) is 28.3 Å². The van der Waals surface area contributed by atoms with Crippen molar-refractivity contribution in [2.45, 2.75) is 4.21 Å². The lowest BCUT2D eigenvalue weighted by Crippen LogP contribution is -2.16. The predicted molar refractivity (Wildman–Crippen MR) is 98.3 cm³/mol. The minimum absolute atomic E-state index is 0.00590. The van der Waals surface area contributed by atoms with Gasteiger partial charge in [-0.2, -0.15) is 0 Å². The molecule has 2 aromatic heterocycles. The second kappa shape index (κ2) is 7.37. The van der Waals surface area contributed by atoms with Gasteiger partial charge < -0.3 is 21.1 Å². The number of amides is 2. The van der Waals surface area contributed by atoms with Crippen molar-refractivity contribution >= 4 is 50.8 Å². The van der Waals surface area contributed by atoms with Crippen LogP contribution in [-0.4, -0.2) is 27.7 Å². The molecule has 2 heterocycles. The van der Waals surface area contributed by atoms with Gasteiger partial charge >= 0.3 is 0 Å². The molecule has 0 aliphatic rings. The van der Waals surface area contributed by atoms with Crippen molar-refractivity contribution in [3.8, 4) is 5.75 Å². The molecule has 0 spiro atoms. The molecule has 0 bridgehead atoms. The van der Waals surface area contributed by atoms with E-state index in [-0.39, 0.29) is 33.0 Å². The van der Waals surface area contributed by atoms with Gasteiger partial charge in [0.15, 0.2) is 11.6 Å². The maximum absolute atomic E-state index is 13.2. The van der Waals surface area contributed by atoms with E-state index < -0.39 is 29.0 Å². The van der Waals surface area contributed by atoms with Gasteiger partial charge in [-0.3, -0.25) is 14.4 Å². The second-order valence-electron chi connectivity index (χ2n) is 5.32. The fraction of sp³-hybridized carbons (Fsp3) is 0.0625. The number of fused-ring (bicyclic) bond motifs is 1. The van der Waals surface area contributed by atoms with Gasteiger partial charge in [-0.15, -0.1) is 23.1 Å². The number of primary amides is 1. The number of aromatic nitrogens is 1. The molecule has 2 amide bonds. The molecule has 140 valence electrons. The van der Waals surface area contributed by atoms with E-state index in [4.69, 9.17) is 5.73 Å². The van der Waals surface area contributed by atoms with Gasteiger partial charge in [-0.1, -0.05) is 0 Å². The number of rotatable bonds is 5. The van der Waals surface area contributed by atoms with E-state index >= 15 is 0 Å². The Kier molecular flexibility index (Phi) is 5.15. The first kappa shape index (κ1) is 18.9. The van der Waals surface area contributed by atoms with Gasteiger partial charge in [0, 0.05) is 17.8 Å². The summed E-state index contributed by atoms with van der Waals surface area (Å²) in [4.78, 5) is 37.8. The van der Waals surface area contributed by atoms with Crippen LogP contribution in [0, 0.1) is 11.6 Å². The Morgan fingerprint density at radius 3 is 2.67 bits per heavy atom. The van der Waals surface area contributed by atoms with Crippen LogP contribution in [0.4, 0.5) is 14.5 Å². The summed E-state index contributed by atoms with van der Waals surface area (Å²) in [5, 5.41) is 12.3. The van der Waals surface area contributed by atoms with Crippen molar-refractivity contribution in [1.29, 1.82) is 0 Å². The highest BCUT2D eigenvalue weighted by Crippen LogP contribution is 2.40. The van der Waals surface area contributed by atoms with Crippen LogP contribution >= 0.6 is 23.1 Å². The predicted octanol–water partition coefficient (Wildman–Crippen LogP) is 2.40. The third-order valence-corrected chi connectivity index (χ3v) is 5.89. The molecule has 0 saturated carbocycles. The molecule has 0 fully saturated rings. The molecule has 0 radical (unpaired) electrons. The standard InChI is InChI=1S/C16H11F2N3O4S2/c17-7-2-1-6(3-8(7)18)20-11(24)5-26-16-12(15(19)25)13-14(27-16)9(22)4-10(23)21-13/h1-4H,5H2,(H2,19,25)(H,20,24)(H2,21,22,23). The smallest absolute Gasteiger partial charge is 0.252 e. The van der Waals surface area contributed by atoms with E-state index in [1.807, 2.05) is 0 Å². The van der Waals surface area contributed by atoms with Crippen molar-refractivity contribution in [2.24, 2.45) is 5.73 Å². The number of carbonyl (C=O) groups excluding carboxylic acids is 2. The Balaban J connectivity index is 1.82. The number of hydrogen-bond acceptors (Lipinski definition) is 6. The summed E-state index contributed by atoms with van der Waals surface area (Å²) in [5.74, 6) is -3.97. The number of aromatic amines is 1. The summed E-state index contributed by atoms with van der Waals surface area (Å²) in [7, 11) is 0. The number of thioether (sulfide) groups is 1. The Morgan fingerprint density at radius 1 is 1.26 bits per heavy atom. The number of H-pyrrole nitrogens is 1. The maximum atomic E-state index is 13.2. The molecule has 1 aromatic carbocycles. The normalized spacial score (nSPS) is 10.9. The lowest BCUT2D eigenvalue weighted by atomic mass is 10.2. The SMILES string of the molecule is NC(=O)c1c(SCC(=O)Nc2ccc(F)c(F)c2)sc2c(O)cc(=O)[nH]c12. The van der Waals surface area contributed by atoms with Gasteiger partial charge in [0.1, 0.15) is 5.75 Å². The molecule has 3 aromatic rings. The quantitative estimate of drug-likeness (QED) is 0.480. The molecule has 0 aliphatic heterocycles. The maximum Gasteiger partial charge on any atom is 0.252 e. The summed E-state index contributed by atoms with van der Waals surface area (Å²) in [6, 6.07) is 3.90. The number of thiophene rings is 1. The fourth-order valence-corrected chi connectivity index (χ4v) is 4.54. The zero-order valence-corrected chi connectivity index (χ0v) is 15.0. The summed E-state index contributed by atoms with van der Waals surface area (Å²) in [6.45, 7) is 0. The van der Waals surface area contributed by atoms with Crippen molar-refractivity contribution in [2.75, 3.05) is 11.1 Å². The second-order valence-corrected chi connectivity index (χ2v) is 7.58. The third-order valence-electron chi connectivity index (χ3n) is 3.41. The monoisotopic (exact) mass is 411 g/mol. The highest BCUT2D eigenvalue weighted by Gasteiger charge is 2.21. The zero-order valence-electron chi connectivity index (χ0n) is 13.3. The molecule has 7 nitrogen and oxygen atoms in total. The largest absolute Gasteiger partial charge is 0.506 e. The number of nitrogens with two attached hydrogens (primary N) is 1. The molecular formula is C16H11F2N3O4S2. The van der Waals surface area contributed by atoms with E-state index in [1.165, 1.54) is 6.07 Å². The zero-order chi connectivity index (χ0) is 19.7. The highest BCUT2D eigenvalue weighted by atomic mass is 32.2. The molecule has 27 heavy (non-hydrogen) atoms. The van der Waals surface area contributed by atoms with Crippen LogP contribution in [0.15, 0.2) is 33.3 Å². The van der Waals surface area contributed by atoms with E-state index in [2.05, 4.69) is 10.3 Å². The van der Waals surface area contributed by atoms with Gasteiger partial charge in [0.2, 0.25) is 5.91 Å². The van der Waals surface area contributed by atoms with Gasteiger partial charge in [-0.25, -0.2) is 8.78 Å². The number of pyridine rings is 1. The number of hydrogen-bond donors (Lipinski definition) is 4. The van der Waals surface area contributed by atoms with Crippen LogP contribution < -0.4 is 16.6 Å². The number of aromatic hydroxyl groups is 1. The molecule has 0 atom stereocenters. The number of anilines is 1.